The lowest BCUT2D eigenvalue weighted by Crippen LogP contribution is -2.32. The zero-order valence-corrected chi connectivity index (χ0v) is 13.5. The summed E-state index contributed by atoms with van der Waals surface area (Å²) in [4.78, 5) is 10.8. The summed E-state index contributed by atoms with van der Waals surface area (Å²) in [7, 11) is 0. The molecule has 0 aliphatic rings. The molecule has 19 heavy (non-hydrogen) atoms. The molecule has 0 aromatic heterocycles. The average molecular weight is 330 g/mol. The summed E-state index contributed by atoms with van der Waals surface area (Å²) in [5.41, 5.74) is 0. The SMILES string of the molecule is C=CC(=O)OCC(O)CNCCC[Si](Cl)(Cl)OCC. The molecule has 8 heteroatoms. The van der Waals surface area contributed by atoms with Gasteiger partial charge >= 0.3 is 12.9 Å². The Hall–Kier alpha value is -0.113. The quantitative estimate of drug-likeness (QED) is 0.198. The average Bonchev–Trinajstić information content (AvgIpc) is 2.35. The third-order valence-corrected chi connectivity index (χ3v) is 5.58. The van der Waals surface area contributed by atoms with Crippen LogP contribution in [-0.2, 0) is 14.0 Å². The third-order valence-electron chi connectivity index (χ3n) is 2.14. The van der Waals surface area contributed by atoms with Crippen molar-refractivity contribution in [2.45, 2.75) is 25.5 Å². The van der Waals surface area contributed by atoms with Gasteiger partial charge in [0.25, 0.3) is 0 Å². The van der Waals surface area contributed by atoms with Crippen molar-refractivity contribution in [2.75, 3.05) is 26.3 Å². The van der Waals surface area contributed by atoms with Gasteiger partial charge in [-0.2, -0.15) is 0 Å². The van der Waals surface area contributed by atoms with Crippen LogP contribution in [0.5, 0.6) is 0 Å². The zero-order valence-electron chi connectivity index (χ0n) is 11.0. The number of hydrogen-bond acceptors (Lipinski definition) is 5. The molecule has 0 spiro atoms. The molecule has 2 N–H and O–H groups in total. The summed E-state index contributed by atoms with van der Waals surface area (Å²) < 4.78 is 9.95. The third kappa shape index (κ3) is 11.4. The molecule has 0 aromatic rings. The maximum atomic E-state index is 10.8. The van der Waals surface area contributed by atoms with Gasteiger partial charge < -0.3 is 19.6 Å². The first kappa shape index (κ1) is 18.9. The highest BCUT2D eigenvalue weighted by molar-refractivity contribution is 7.42. The number of rotatable bonds is 11. The van der Waals surface area contributed by atoms with Gasteiger partial charge in [0.05, 0.1) is 0 Å². The number of aliphatic hydroxyl groups is 1. The molecule has 0 aliphatic heterocycles. The van der Waals surface area contributed by atoms with Crippen LogP contribution >= 0.6 is 22.2 Å². The van der Waals surface area contributed by atoms with Gasteiger partial charge in [-0.05, 0) is 25.9 Å². The Kier molecular flexibility index (Phi) is 10.6. The molecule has 0 saturated heterocycles. The van der Waals surface area contributed by atoms with Crippen LogP contribution in [0.25, 0.3) is 0 Å². The molecule has 1 atom stereocenters. The molecular formula is C11H21Cl2NO4Si. The lowest BCUT2D eigenvalue weighted by atomic mass is 10.3. The lowest BCUT2D eigenvalue weighted by molar-refractivity contribution is -0.140. The van der Waals surface area contributed by atoms with Crippen molar-refractivity contribution in [1.82, 2.24) is 5.32 Å². The van der Waals surface area contributed by atoms with Gasteiger partial charge in [-0.3, -0.25) is 0 Å². The van der Waals surface area contributed by atoms with Crippen molar-refractivity contribution in [3.8, 4) is 0 Å². The largest absolute Gasteiger partial charge is 0.460 e. The van der Waals surface area contributed by atoms with Crippen LogP contribution in [0.4, 0.5) is 0 Å². The first-order chi connectivity index (χ1) is 8.91. The minimum absolute atomic E-state index is 0.0551. The molecule has 0 amide bonds. The number of esters is 1. The smallest absolute Gasteiger partial charge is 0.389 e. The van der Waals surface area contributed by atoms with Crippen molar-refractivity contribution in [1.29, 1.82) is 0 Å². The minimum Gasteiger partial charge on any atom is -0.460 e. The highest BCUT2D eigenvalue weighted by Gasteiger charge is 2.28. The van der Waals surface area contributed by atoms with E-state index in [4.69, 9.17) is 31.3 Å². The van der Waals surface area contributed by atoms with Crippen molar-refractivity contribution in [2.24, 2.45) is 0 Å². The van der Waals surface area contributed by atoms with E-state index in [9.17, 15) is 9.90 Å². The van der Waals surface area contributed by atoms with Crippen molar-refractivity contribution >= 4 is 35.1 Å². The Labute approximate surface area is 124 Å². The fourth-order valence-corrected chi connectivity index (χ4v) is 3.88. The second-order valence-corrected chi connectivity index (χ2v) is 10.2. The van der Waals surface area contributed by atoms with Gasteiger partial charge in [-0.1, -0.05) is 6.58 Å². The van der Waals surface area contributed by atoms with E-state index in [1.165, 1.54) is 0 Å². The Morgan fingerprint density at radius 2 is 2.26 bits per heavy atom. The number of hydrogen-bond donors (Lipinski definition) is 2. The Balaban J connectivity index is 3.53. The topological polar surface area (TPSA) is 67.8 Å². The van der Waals surface area contributed by atoms with Crippen LogP contribution in [0.1, 0.15) is 13.3 Å². The van der Waals surface area contributed by atoms with Crippen molar-refractivity contribution in [3.63, 3.8) is 0 Å². The van der Waals surface area contributed by atoms with Gasteiger partial charge in [0, 0.05) is 19.2 Å². The van der Waals surface area contributed by atoms with Gasteiger partial charge in [0.1, 0.15) is 12.7 Å². The van der Waals surface area contributed by atoms with Crippen LogP contribution in [0.3, 0.4) is 0 Å². The molecule has 0 aliphatic carbocycles. The number of aliphatic hydroxyl groups excluding tert-OH is 1. The second-order valence-electron chi connectivity index (χ2n) is 3.87. The zero-order chi connectivity index (χ0) is 14.7. The maximum Gasteiger partial charge on any atom is 0.389 e. The Morgan fingerprint density at radius 3 is 2.84 bits per heavy atom. The maximum absolute atomic E-state index is 10.8. The van der Waals surface area contributed by atoms with Crippen LogP contribution in [0.15, 0.2) is 12.7 Å². The molecule has 0 saturated carbocycles. The standard InChI is InChI=1S/C11H21Cl2NO4Si/c1-3-11(16)17-9-10(15)8-14-6-5-7-19(12,13)18-4-2/h3,10,14-15H,1,4-9H2,2H3. The Bertz CT molecular complexity index is 279. The van der Waals surface area contributed by atoms with Crippen LogP contribution in [0, 0.1) is 0 Å². The van der Waals surface area contributed by atoms with E-state index in [-0.39, 0.29) is 6.61 Å². The van der Waals surface area contributed by atoms with E-state index in [0.29, 0.717) is 25.7 Å². The van der Waals surface area contributed by atoms with E-state index < -0.39 is 19.0 Å². The predicted octanol–water partition coefficient (Wildman–Crippen LogP) is 1.51. The number of carbonyl (C=O) groups is 1. The van der Waals surface area contributed by atoms with Crippen LogP contribution in [0.2, 0.25) is 6.04 Å². The van der Waals surface area contributed by atoms with Crippen molar-refractivity contribution < 1.29 is 19.1 Å². The van der Waals surface area contributed by atoms with Gasteiger partial charge in [-0.25, -0.2) is 4.79 Å². The van der Waals surface area contributed by atoms with E-state index in [1.54, 1.807) is 0 Å². The van der Waals surface area contributed by atoms with Crippen LogP contribution in [-0.4, -0.2) is 50.4 Å². The Morgan fingerprint density at radius 1 is 1.58 bits per heavy atom. The van der Waals surface area contributed by atoms with Gasteiger partial charge in [0.2, 0.25) is 0 Å². The summed E-state index contributed by atoms with van der Waals surface area (Å²) in [5, 5.41) is 12.5. The molecule has 5 nitrogen and oxygen atoms in total. The fourth-order valence-electron chi connectivity index (χ4n) is 1.27. The predicted molar refractivity (Wildman–Crippen MR) is 78.5 cm³/mol. The second kappa shape index (κ2) is 10.6. The van der Waals surface area contributed by atoms with E-state index in [1.807, 2.05) is 6.92 Å². The van der Waals surface area contributed by atoms with E-state index >= 15 is 0 Å². The molecule has 1 unspecified atom stereocenters. The summed E-state index contributed by atoms with van der Waals surface area (Å²) in [6, 6.07) is 0.624. The number of halogens is 2. The number of nitrogens with one attached hydrogen (secondary N) is 1. The summed E-state index contributed by atoms with van der Waals surface area (Å²) in [5.74, 6) is -0.546. The first-order valence-electron chi connectivity index (χ1n) is 6.11. The number of ether oxygens (including phenoxy) is 1. The molecule has 0 aromatic carbocycles. The first-order valence-corrected chi connectivity index (χ1v) is 10.2. The monoisotopic (exact) mass is 329 g/mol. The molecule has 0 heterocycles. The van der Waals surface area contributed by atoms with E-state index in [2.05, 4.69) is 11.9 Å². The molecule has 0 radical (unpaired) electrons. The minimum atomic E-state index is -2.55. The van der Waals surface area contributed by atoms with Crippen molar-refractivity contribution in [3.05, 3.63) is 12.7 Å². The lowest BCUT2D eigenvalue weighted by Gasteiger charge is -2.16. The highest BCUT2D eigenvalue weighted by Crippen LogP contribution is 2.22. The van der Waals surface area contributed by atoms with Crippen LogP contribution < -0.4 is 5.32 Å². The fraction of sp³-hybridized carbons (Fsp3) is 0.727. The molecule has 0 rings (SSSR count). The number of carbonyl (C=O) groups excluding carboxylic acids is 1. The molecular weight excluding hydrogens is 309 g/mol. The summed E-state index contributed by atoms with van der Waals surface area (Å²) in [6.45, 7) is 4.01. The summed E-state index contributed by atoms with van der Waals surface area (Å²) >= 11 is 12.0. The molecule has 0 bridgehead atoms. The molecule has 112 valence electrons. The summed E-state index contributed by atoms with van der Waals surface area (Å²) in [6.07, 6.45) is 1.07. The highest BCUT2D eigenvalue weighted by atomic mass is 35.7. The van der Waals surface area contributed by atoms with Gasteiger partial charge in [-0.15, -0.1) is 22.2 Å². The molecule has 0 fully saturated rings. The normalized spacial score (nSPS) is 13.1. The van der Waals surface area contributed by atoms with Gasteiger partial charge in [0.15, 0.2) is 0 Å². The van der Waals surface area contributed by atoms with E-state index in [0.717, 1.165) is 12.5 Å².